The Kier molecular flexibility index (Phi) is 6.68. The van der Waals surface area contributed by atoms with E-state index >= 15 is 0 Å². The predicted octanol–water partition coefficient (Wildman–Crippen LogP) is 3.33. The maximum absolute atomic E-state index is 13.0. The molecule has 0 radical (unpaired) electrons. The minimum absolute atomic E-state index is 0.0683. The summed E-state index contributed by atoms with van der Waals surface area (Å²) in [4.78, 5) is 28.7. The molecule has 6 nitrogen and oxygen atoms in total. The fourth-order valence-corrected chi connectivity index (χ4v) is 7.57. The van der Waals surface area contributed by atoms with Crippen LogP contribution in [-0.2, 0) is 9.59 Å². The highest BCUT2D eigenvalue weighted by Gasteiger charge is 2.61. The van der Waals surface area contributed by atoms with Crippen molar-refractivity contribution in [2.75, 3.05) is 26.2 Å². The molecule has 4 aliphatic rings. The summed E-state index contributed by atoms with van der Waals surface area (Å²) < 4.78 is 0. The van der Waals surface area contributed by atoms with Crippen molar-refractivity contribution in [3.05, 3.63) is 0 Å². The van der Waals surface area contributed by atoms with Gasteiger partial charge in [-0.3, -0.25) is 9.59 Å². The van der Waals surface area contributed by atoms with Gasteiger partial charge in [0.2, 0.25) is 11.8 Å². The number of fused-ring (bicyclic) bond motifs is 1. The lowest BCUT2D eigenvalue weighted by Gasteiger charge is -2.51. The van der Waals surface area contributed by atoms with Gasteiger partial charge in [-0.2, -0.15) is 0 Å². The van der Waals surface area contributed by atoms with Crippen molar-refractivity contribution in [2.45, 2.75) is 110 Å². The zero-order valence-electron chi connectivity index (χ0n) is 20.8. The number of likely N-dealkylation sites (tertiary alicyclic amines) is 2. The van der Waals surface area contributed by atoms with Crippen LogP contribution in [0, 0.1) is 16.7 Å². The maximum atomic E-state index is 13.0. The number of carbonyl (C=O) groups is 2. The van der Waals surface area contributed by atoms with Gasteiger partial charge in [0.1, 0.15) is 0 Å². The molecular formula is C26H45N3O3. The van der Waals surface area contributed by atoms with E-state index in [9.17, 15) is 14.7 Å². The molecule has 0 aromatic heterocycles. The average Bonchev–Trinajstić information content (AvgIpc) is 3.33. The molecule has 182 valence electrons. The molecule has 2 saturated carbocycles. The molecule has 4 atom stereocenters. The normalized spacial score (nSPS) is 37.5. The number of carbonyl (C=O) groups excluding carboxylic acids is 2. The summed E-state index contributed by atoms with van der Waals surface area (Å²) in [5.41, 5.74) is -0.399. The first-order valence-electron chi connectivity index (χ1n) is 13.0. The van der Waals surface area contributed by atoms with Crippen LogP contribution in [0.4, 0.5) is 0 Å². The van der Waals surface area contributed by atoms with Crippen molar-refractivity contribution in [2.24, 2.45) is 16.7 Å². The lowest BCUT2D eigenvalue weighted by Crippen LogP contribution is -2.55. The van der Waals surface area contributed by atoms with Crippen LogP contribution in [0.5, 0.6) is 0 Å². The Morgan fingerprint density at radius 1 is 0.969 bits per heavy atom. The Balaban J connectivity index is 1.51. The van der Waals surface area contributed by atoms with Gasteiger partial charge in [-0.1, -0.05) is 13.8 Å². The van der Waals surface area contributed by atoms with Crippen LogP contribution < -0.4 is 5.32 Å². The third-order valence-electron chi connectivity index (χ3n) is 9.47. The van der Waals surface area contributed by atoms with E-state index in [4.69, 9.17) is 0 Å². The van der Waals surface area contributed by atoms with Crippen molar-refractivity contribution < 1.29 is 14.7 Å². The van der Waals surface area contributed by atoms with E-state index in [2.05, 4.69) is 24.1 Å². The predicted molar refractivity (Wildman–Crippen MR) is 126 cm³/mol. The number of hydrogen-bond acceptors (Lipinski definition) is 4. The van der Waals surface area contributed by atoms with Crippen molar-refractivity contribution in [3.63, 3.8) is 0 Å². The molecule has 4 unspecified atom stereocenters. The lowest BCUT2D eigenvalue weighted by molar-refractivity contribution is -0.132. The first-order valence-corrected chi connectivity index (χ1v) is 13.0. The van der Waals surface area contributed by atoms with E-state index in [0.717, 1.165) is 84.0 Å². The molecular weight excluding hydrogens is 402 g/mol. The van der Waals surface area contributed by atoms with Crippen LogP contribution in [0.1, 0.15) is 91.9 Å². The second-order valence-electron chi connectivity index (χ2n) is 12.3. The summed E-state index contributed by atoms with van der Waals surface area (Å²) >= 11 is 0. The summed E-state index contributed by atoms with van der Waals surface area (Å²) in [6, 6.07) is 0.803. The topological polar surface area (TPSA) is 72.9 Å². The molecule has 0 bridgehead atoms. The standard InChI is InChI=1S/C26H45N3O3/c1-19(30)28-15-8-20(9-16-28)27-22-18-24(2,3)21-17-25(4,32)11-12-26(21,22)10-7-23(31)29-13-5-6-14-29/h20-22,27,32H,5-18H2,1-4H3. The molecule has 32 heavy (non-hydrogen) atoms. The lowest BCUT2D eigenvalue weighted by atomic mass is 9.57. The average molecular weight is 448 g/mol. The van der Waals surface area contributed by atoms with E-state index in [1.165, 1.54) is 0 Å². The summed E-state index contributed by atoms with van der Waals surface area (Å²) in [6.07, 6.45) is 9.58. The van der Waals surface area contributed by atoms with Gasteiger partial charge in [-0.15, -0.1) is 0 Å². The van der Waals surface area contributed by atoms with Crippen LogP contribution in [0.25, 0.3) is 0 Å². The largest absolute Gasteiger partial charge is 0.390 e. The summed E-state index contributed by atoms with van der Waals surface area (Å²) in [6.45, 7) is 11.9. The molecule has 0 aromatic rings. The van der Waals surface area contributed by atoms with Gasteiger partial charge in [-0.05, 0) is 81.5 Å². The number of rotatable bonds is 5. The highest BCUT2D eigenvalue weighted by Crippen LogP contribution is 2.64. The minimum atomic E-state index is -0.605. The Bertz CT molecular complexity index is 707. The Hall–Kier alpha value is -1.14. The number of nitrogens with zero attached hydrogens (tertiary/aromatic N) is 2. The Morgan fingerprint density at radius 2 is 1.62 bits per heavy atom. The number of piperidine rings is 1. The van der Waals surface area contributed by atoms with Gasteiger partial charge in [0.15, 0.2) is 0 Å². The van der Waals surface area contributed by atoms with Crippen LogP contribution in [0.15, 0.2) is 0 Å². The molecule has 6 heteroatoms. The molecule has 4 rings (SSSR count). The molecule has 4 fully saturated rings. The van der Waals surface area contributed by atoms with Crippen molar-refractivity contribution in [1.29, 1.82) is 0 Å². The fraction of sp³-hybridized carbons (Fsp3) is 0.923. The van der Waals surface area contributed by atoms with Crippen LogP contribution in [-0.4, -0.2) is 70.6 Å². The summed E-state index contributed by atoms with van der Waals surface area (Å²) in [5.74, 6) is 0.919. The zero-order valence-corrected chi connectivity index (χ0v) is 20.8. The molecule has 2 aliphatic heterocycles. The third kappa shape index (κ3) is 4.72. The number of amides is 2. The molecule has 2 N–H and O–H groups in total. The SMILES string of the molecule is CC(=O)N1CCC(NC2CC(C)(C)C3CC(C)(O)CCC23CCC(=O)N2CCCC2)CC1. The minimum Gasteiger partial charge on any atom is -0.390 e. The van der Waals surface area contributed by atoms with Crippen LogP contribution >= 0.6 is 0 Å². The van der Waals surface area contributed by atoms with Gasteiger partial charge in [0.25, 0.3) is 0 Å². The fourth-order valence-electron chi connectivity index (χ4n) is 7.57. The molecule has 0 aromatic carbocycles. The molecule has 2 saturated heterocycles. The number of aliphatic hydroxyl groups is 1. The first-order chi connectivity index (χ1) is 15.0. The molecule has 0 spiro atoms. The maximum Gasteiger partial charge on any atom is 0.222 e. The van der Waals surface area contributed by atoms with Gasteiger partial charge >= 0.3 is 0 Å². The first kappa shape index (κ1) is 24.0. The van der Waals surface area contributed by atoms with Crippen LogP contribution in [0.3, 0.4) is 0 Å². The quantitative estimate of drug-likeness (QED) is 0.678. The second kappa shape index (κ2) is 8.90. The zero-order chi connectivity index (χ0) is 23.1. The van der Waals surface area contributed by atoms with Gasteiger partial charge in [0, 0.05) is 51.6 Å². The highest BCUT2D eigenvalue weighted by molar-refractivity contribution is 5.76. The van der Waals surface area contributed by atoms with E-state index in [1.807, 2.05) is 11.8 Å². The van der Waals surface area contributed by atoms with E-state index in [1.54, 1.807) is 6.92 Å². The molecule has 2 heterocycles. The Morgan fingerprint density at radius 3 is 2.25 bits per heavy atom. The highest BCUT2D eigenvalue weighted by atomic mass is 16.3. The van der Waals surface area contributed by atoms with E-state index in [-0.39, 0.29) is 16.7 Å². The summed E-state index contributed by atoms with van der Waals surface area (Å²) in [5, 5.41) is 15.0. The number of hydrogen-bond donors (Lipinski definition) is 2. The van der Waals surface area contributed by atoms with E-state index < -0.39 is 5.60 Å². The Labute approximate surface area is 194 Å². The van der Waals surface area contributed by atoms with Crippen molar-refractivity contribution >= 4 is 11.8 Å². The van der Waals surface area contributed by atoms with Gasteiger partial charge in [0.05, 0.1) is 5.60 Å². The number of nitrogens with one attached hydrogen (secondary N) is 1. The second-order valence-corrected chi connectivity index (χ2v) is 12.3. The van der Waals surface area contributed by atoms with Gasteiger partial charge in [-0.25, -0.2) is 0 Å². The molecule has 2 amide bonds. The van der Waals surface area contributed by atoms with Gasteiger partial charge < -0.3 is 20.2 Å². The molecule has 2 aliphatic carbocycles. The smallest absolute Gasteiger partial charge is 0.222 e. The van der Waals surface area contributed by atoms with Crippen molar-refractivity contribution in [3.8, 4) is 0 Å². The summed E-state index contributed by atoms with van der Waals surface area (Å²) in [7, 11) is 0. The van der Waals surface area contributed by atoms with Crippen molar-refractivity contribution in [1.82, 2.24) is 15.1 Å². The van der Waals surface area contributed by atoms with E-state index in [0.29, 0.717) is 30.3 Å². The van der Waals surface area contributed by atoms with Crippen LogP contribution in [0.2, 0.25) is 0 Å². The monoisotopic (exact) mass is 447 g/mol. The third-order valence-corrected chi connectivity index (χ3v) is 9.47.